The Morgan fingerprint density at radius 2 is 1.82 bits per heavy atom. The number of halogens is 3. The molecule has 0 unspecified atom stereocenters. The molecule has 0 aliphatic carbocycles. The third-order valence-corrected chi connectivity index (χ3v) is 2.28. The van der Waals surface area contributed by atoms with Gasteiger partial charge in [0.05, 0.1) is 6.33 Å². The number of hydrogen-bond acceptors (Lipinski definition) is 2. The van der Waals surface area contributed by atoms with Gasteiger partial charge in [-0.15, -0.1) is 0 Å². The second-order valence-corrected chi connectivity index (χ2v) is 3.54. The fraction of sp³-hybridized carbons (Fsp3) is 0.182. The first-order chi connectivity index (χ1) is 8.16. The van der Waals surface area contributed by atoms with Crippen LogP contribution in [0.3, 0.4) is 0 Å². The fourth-order valence-electron chi connectivity index (χ4n) is 1.41. The minimum atomic E-state index is -1.18. The lowest BCUT2D eigenvalue weighted by Crippen LogP contribution is -2.14. The Morgan fingerprint density at radius 1 is 1.06 bits per heavy atom. The van der Waals surface area contributed by atoms with Crippen molar-refractivity contribution < 1.29 is 13.2 Å². The summed E-state index contributed by atoms with van der Waals surface area (Å²) in [7, 11) is 0. The average molecular weight is 241 g/mol. The van der Waals surface area contributed by atoms with E-state index in [2.05, 4.69) is 15.3 Å². The van der Waals surface area contributed by atoms with E-state index in [-0.39, 0.29) is 12.1 Å². The second-order valence-electron chi connectivity index (χ2n) is 3.54. The van der Waals surface area contributed by atoms with E-state index in [1.165, 1.54) is 6.33 Å². The van der Waals surface area contributed by atoms with Crippen LogP contribution in [0.5, 0.6) is 0 Å². The quantitative estimate of drug-likeness (QED) is 0.805. The number of benzene rings is 1. The molecule has 0 aliphatic rings. The molecule has 2 rings (SSSR count). The van der Waals surface area contributed by atoms with E-state index < -0.39 is 17.5 Å². The maximum absolute atomic E-state index is 13.2. The number of aromatic nitrogens is 2. The number of aromatic amines is 1. The molecule has 0 saturated heterocycles. The first-order valence-corrected chi connectivity index (χ1v) is 4.98. The van der Waals surface area contributed by atoms with Crippen molar-refractivity contribution in [2.75, 3.05) is 0 Å². The van der Waals surface area contributed by atoms with Gasteiger partial charge >= 0.3 is 0 Å². The first-order valence-electron chi connectivity index (χ1n) is 4.98. The van der Waals surface area contributed by atoms with E-state index >= 15 is 0 Å². The largest absolute Gasteiger partial charge is 0.347 e. The van der Waals surface area contributed by atoms with Crippen LogP contribution in [-0.4, -0.2) is 9.97 Å². The lowest BCUT2D eigenvalue weighted by atomic mass is 10.2. The van der Waals surface area contributed by atoms with Gasteiger partial charge in [0.25, 0.3) is 0 Å². The summed E-state index contributed by atoms with van der Waals surface area (Å²) in [6.07, 6.45) is 3.14. The molecule has 0 fully saturated rings. The van der Waals surface area contributed by atoms with Crippen LogP contribution in [0.4, 0.5) is 13.2 Å². The molecule has 0 saturated carbocycles. The molecule has 90 valence electrons. The molecular formula is C11H10F3N3. The van der Waals surface area contributed by atoms with Crippen LogP contribution in [0, 0.1) is 17.5 Å². The lowest BCUT2D eigenvalue weighted by Gasteiger charge is -2.05. The summed E-state index contributed by atoms with van der Waals surface area (Å²) in [6, 6.07) is 1.40. The Hall–Kier alpha value is -1.82. The highest BCUT2D eigenvalue weighted by molar-refractivity contribution is 5.20. The normalized spacial score (nSPS) is 10.8. The third-order valence-electron chi connectivity index (χ3n) is 2.28. The van der Waals surface area contributed by atoms with E-state index in [0.717, 1.165) is 11.8 Å². The number of H-pyrrole nitrogens is 1. The second kappa shape index (κ2) is 5.01. The van der Waals surface area contributed by atoms with Crippen LogP contribution in [0.2, 0.25) is 0 Å². The molecule has 2 N–H and O–H groups in total. The molecule has 6 heteroatoms. The summed E-state index contributed by atoms with van der Waals surface area (Å²) in [5.41, 5.74) is 0.913. The highest BCUT2D eigenvalue weighted by atomic mass is 19.2. The summed E-state index contributed by atoms with van der Waals surface area (Å²) >= 11 is 0. The summed E-state index contributed by atoms with van der Waals surface area (Å²) in [6.45, 7) is 0.556. The van der Waals surface area contributed by atoms with Gasteiger partial charge in [-0.05, 0) is 6.07 Å². The van der Waals surface area contributed by atoms with Crippen LogP contribution >= 0.6 is 0 Å². The van der Waals surface area contributed by atoms with E-state index in [9.17, 15) is 13.2 Å². The average Bonchev–Trinajstić information content (AvgIpc) is 2.78. The standard InChI is InChI=1S/C11H10F3N3/c12-9-2-11(14)10(13)1-7(9)3-15-4-8-5-16-6-17-8/h1-2,5-6,15H,3-4H2,(H,16,17). The number of nitrogens with one attached hydrogen (secondary N) is 2. The zero-order valence-corrected chi connectivity index (χ0v) is 8.80. The minimum Gasteiger partial charge on any atom is -0.347 e. The maximum atomic E-state index is 13.2. The van der Waals surface area contributed by atoms with Crippen molar-refractivity contribution in [3.63, 3.8) is 0 Å². The van der Waals surface area contributed by atoms with Crippen LogP contribution < -0.4 is 5.32 Å². The van der Waals surface area contributed by atoms with Crippen molar-refractivity contribution in [1.29, 1.82) is 0 Å². The summed E-state index contributed by atoms with van der Waals surface area (Å²) in [5, 5.41) is 2.89. The van der Waals surface area contributed by atoms with E-state index in [0.29, 0.717) is 12.6 Å². The lowest BCUT2D eigenvalue weighted by molar-refractivity contribution is 0.486. The Labute approximate surface area is 95.7 Å². The van der Waals surface area contributed by atoms with Crippen molar-refractivity contribution >= 4 is 0 Å². The summed E-state index contributed by atoms with van der Waals surface area (Å²) in [4.78, 5) is 6.67. The number of nitrogens with zero attached hydrogens (tertiary/aromatic N) is 1. The van der Waals surface area contributed by atoms with Gasteiger partial charge in [-0.3, -0.25) is 0 Å². The SMILES string of the molecule is Fc1cc(F)c(CNCc2cnc[nH]2)cc1F. The predicted molar refractivity (Wildman–Crippen MR) is 55.4 cm³/mol. The monoisotopic (exact) mass is 241 g/mol. The van der Waals surface area contributed by atoms with Crippen LogP contribution in [-0.2, 0) is 13.1 Å². The van der Waals surface area contributed by atoms with Gasteiger partial charge in [0.1, 0.15) is 5.82 Å². The topological polar surface area (TPSA) is 40.7 Å². The van der Waals surface area contributed by atoms with Gasteiger partial charge in [-0.1, -0.05) is 0 Å². The highest BCUT2D eigenvalue weighted by Crippen LogP contribution is 2.13. The van der Waals surface area contributed by atoms with Gasteiger partial charge in [0.15, 0.2) is 11.6 Å². The van der Waals surface area contributed by atoms with E-state index in [4.69, 9.17) is 0 Å². The van der Waals surface area contributed by atoms with Gasteiger partial charge in [-0.25, -0.2) is 18.2 Å². The molecule has 0 atom stereocenters. The van der Waals surface area contributed by atoms with Crippen molar-refractivity contribution in [1.82, 2.24) is 15.3 Å². The van der Waals surface area contributed by atoms with Gasteiger partial charge in [0.2, 0.25) is 0 Å². The number of hydrogen-bond donors (Lipinski definition) is 2. The fourth-order valence-corrected chi connectivity index (χ4v) is 1.41. The Balaban J connectivity index is 1.97. The van der Waals surface area contributed by atoms with Crippen molar-refractivity contribution in [3.05, 3.63) is 53.4 Å². The van der Waals surface area contributed by atoms with E-state index in [1.807, 2.05) is 0 Å². The minimum absolute atomic E-state index is 0.0865. The van der Waals surface area contributed by atoms with Crippen LogP contribution in [0.1, 0.15) is 11.3 Å². The molecule has 0 radical (unpaired) electrons. The van der Waals surface area contributed by atoms with Crippen LogP contribution in [0.25, 0.3) is 0 Å². The molecule has 3 nitrogen and oxygen atoms in total. The molecule has 17 heavy (non-hydrogen) atoms. The zero-order chi connectivity index (χ0) is 12.3. The molecule has 1 heterocycles. The van der Waals surface area contributed by atoms with Crippen molar-refractivity contribution in [2.45, 2.75) is 13.1 Å². The molecule has 0 bridgehead atoms. The molecule has 0 spiro atoms. The third kappa shape index (κ3) is 2.85. The summed E-state index contributed by atoms with van der Waals surface area (Å²) in [5.74, 6) is -2.99. The van der Waals surface area contributed by atoms with Gasteiger partial charge in [-0.2, -0.15) is 0 Å². The smallest absolute Gasteiger partial charge is 0.161 e. The molecule has 1 aromatic heterocycles. The van der Waals surface area contributed by atoms with Crippen LogP contribution in [0.15, 0.2) is 24.7 Å². The van der Waals surface area contributed by atoms with E-state index in [1.54, 1.807) is 6.20 Å². The number of rotatable bonds is 4. The molecule has 2 aromatic rings. The molecule has 0 amide bonds. The maximum Gasteiger partial charge on any atom is 0.161 e. The number of imidazole rings is 1. The molecule has 1 aromatic carbocycles. The Morgan fingerprint density at radius 3 is 2.53 bits per heavy atom. The van der Waals surface area contributed by atoms with Gasteiger partial charge in [0, 0.05) is 36.6 Å². The summed E-state index contributed by atoms with van der Waals surface area (Å²) < 4.78 is 38.8. The van der Waals surface area contributed by atoms with Gasteiger partial charge < -0.3 is 10.3 Å². The Kier molecular flexibility index (Phi) is 3.43. The molecular weight excluding hydrogens is 231 g/mol. The predicted octanol–water partition coefficient (Wildman–Crippen LogP) is 2.12. The van der Waals surface area contributed by atoms with Crippen molar-refractivity contribution in [2.24, 2.45) is 0 Å². The molecule has 0 aliphatic heterocycles. The highest BCUT2D eigenvalue weighted by Gasteiger charge is 2.09. The zero-order valence-electron chi connectivity index (χ0n) is 8.80. The van der Waals surface area contributed by atoms with Crippen molar-refractivity contribution in [3.8, 4) is 0 Å². The Bertz CT molecular complexity index is 497. The first kappa shape index (κ1) is 11.7.